The van der Waals surface area contributed by atoms with Crippen molar-refractivity contribution in [1.82, 2.24) is 5.32 Å². The third kappa shape index (κ3) is 7.99. The van der Waals surface area contributed by atoms with Gasteiger partial charge in [0.15, 0.2) is 0 Å². The van der Waals surface area contributed by atoms with Crippen LogP contribution in [0.4, 0.5) is 18.0 Å². The zero-order valence-electron chi connectivity index (χ0n) is 18.9. The smallest absolute Gasteiger partial charge is 0.444 e. The first-order chi connectivity index (χ1) is 15.3. The second kappa shape index (κ2) is 10.6. The second-order valence-corrected chi connectivity index (χ2v) is 8.37. The van der Waals surface area contributed by atoms with Gasteiger partial charge in [-0.05, 0) is 73.2 Å². The summed E-state index contributed by atoms with van der Waals surface area (Å²) in [6, 6.07) is 10.9. The lowest BCUT2D eigenvalue weighted by Crippen LogP contribution is -2.32. The summed E-state index contributed by atoms with van der Waals surface area (Å²) >= 11 is 0. The quantitative estimate of drug-likeness (QED) is 0.541. The number of benzene rings is 2. The van der Waals surface area contributed by atoms with Crippen molar-refractivity contribution in [2.24, 2.45) is 0 Å². The molecule has 1 amide bonds. The van der Waals surface area contributed by atoms with Crippen LogP contribution in [0.5, 0.6) is 5.75 Å². The number of alkyl carbamates (subject to hydrolysis) is 1. The Hall–Kier alpha value is -3.25. The third-order valence-corrected chi connectivity index (χ3v) is 4.59. The molecule has 1 atom stereocenters. The molecular formula is C24H27F3N2O4. The Kier molecular flexibility index (Phi) is 8.34. The molecule has 0 saturated carbocycles. The summed E-state index contributed by atoms with van der Waals surface area (Å²) < 4.78 is 46.5. The summed E-state index contributed by atoms with van der Waals surface area (Å²) in [6.45, 7) is 7.11. The van der Waals surface area contributed by atoms with Gasteiger partial charge in [0.2, 0.25) is 0 Å². The lowest BCUT2D eigenvalue weighted by atomic mass is 9.89. The van der Waals surface area contributed by atoms with Crippen LogP contribution in [0.15, 0.2) is 36.4 Å². The van der Waals surface area contributed by atoms with Crippen molar-refractivity contribution in [2.45, 2.75) is 65.1 Å². The molecule has 0 aliphatic heterocycles. The SMILES string of the molecule is CCc1cc(-c2ccc(OC(F)(F)F)cc2)cc(CNC(=O)OC(C)(C)C)c1C(O)CC#N. The van der Waals surface area contributed by atoms with Gasteiger partial charge in [0, 0.05) is 6.54 Å². The molecule has 9 heteroatoms. The van der Waals surface area contributed by atoms with E-state index >= 15 is 0 Å². The van der Waals surface area contributed by atoms with Crippen LogP contribution in [-0.2, 0) is 17.7 Å². The predicted octanol–water partition coefficient (Wildman–Crippen LogP) is 5.79. The van der Waals surface area contributed by atoms with Gasteiger partial charge in [-0.1, -0.05) is 25.1 Å². The van der Waals surface area contributed by atoms with Crippen LogP contribution in [0.2, 0.25) is 0 Å². The molecule has 0 radical (unpaired) electrons. The molecule has 2 rings (SSSR count). The molecule has 0 fully saturated rings. The number of hydrogen-bond donors (Lipinski definition) is 2. The number of ether oxygens (including phenoxy) is 2. The number of carbonyl (C=O) groups is 1. The van der Waals surface area contributed by atoms with Crippen LogP contribution in [0.3, 0.4) is 0 Å². The number of nitriles is 1. The summed E-state index contributed by atoms with van der Waals surface area (Å²) in [6.07, 6.45) is -6.08. The summed E-state index contributed by atoms with van der Waals surface area (Å²) in [7, 11) is 0. The molecule has 0 bridgehead atoms. The molecule has 178 valence electrons. The molecule has 2 N–H and O–H groups in total. The normalized spacial score (nSPS) is 12.6. The summed E-state index contributed by atoms with van der Waals surface area (Å²) in [5.41, 5.74) is 2.49. The Morgan fingerprint density at radius 3 is 2.24 bits per heavy atom. The minimum absolute atomic E-state index is 0.0306. The number of amides is 1. The molecule has 1 unspecified atom stereocenters. The monoisotopic (exact) mass is 464 g/mol. The molecule has 0 aliphatic rings. The number of nitrogens with zero attached hydrogens (tertiary/aromatic N) is 1. The first-order valence-electron chi connectivity index (χ1n) is 10.4. The molecule has 0 aliphatic carbocycles. The van der Waals surface area contributed by atoms with Gasteiger partial charge < -0.3 is 19.9 Å². The van der Waals surface area contributed by atoms with E-state index in [-0.39, 0.29) is 18.7 Å². The van der Waals surface area contributed by atoms with Gasteiger partial charge >= 0.3 is 12.5 Å². The summed E-state index contributed by atoms with van der Waals surface area (Å²) in [5, 5.41) is 22.3. The standard InChI is InChI=1S/C24H27F3N2O4/c1-5-15-12-17(16-6-8-19(9-7-16)32-24(25,26)27)13-18(21(15)20(30)10-11-28)14-29-22(31)33-23(2,3)4/h6-9,12-13,20,30H,5,10,14H2,1-4H3,(H,29,31). The van der Waals surface area contributed by atoms with Crippen LogP contribution >= 0.6 is 0 Å². The zero-order valence-corrected chi connectivity index (χ0v) is 18.9. The second-order valence-electron chi connectivity index (χ2n) is 8.37. The third-order valence-electron chi connectivity index (χ3n) is 4.59. The maximum Gasteiger partial charge on any atom is 0.573 e. The van der Waals surface area contributed by atoms with Crippen molar-refractivity contribution >= 4 is 6.09 Å². The van der Waals surface area contributed by atoms with E-state index in [1.165, 1.54) is 24.3 Å². The van der Waals surface area contributed by atoms with E-state index in [9.17, 15) is 23.1 Å². The number of alkyl halides is 3. The van der Waals surface area contributed by atoms with Gasteiger partial charge in [-0.3, -0.25) is 0 Å². The number of nitrogens with one attached hydrogen (secondary N) is 1. The largest absolute Gasteiger partial charge is 0.573 e. The highest BCUT2D eigenvalue weighted by Crippen LogP contribution is 2.33. The first kappa shape index (κ1) is 26.0. The summed E-state index contributed by atoms with van der Waals surface area (Å²) in [4.78, 5) is 12.1. The molecule has 6 nitrogen and oxygen atoms in total. The van der Waals surface area contributed by atoms with E-state index < -0.39 is 24.2 Å². The van der Waals surface area contributed by atoms with E-state index in [2.05, 4.69) is 10.1 Å². The molecule has 33 heavy (non-hydrogen) atoms. The molecule has 0 saturated heterocycles. The maximum absolute atomic E-state index is 12.4. The first-order valence-corrected chi connectivity index (χ1v) is 10.4. The summed E-state index contributed by atoms with van der Waals surface area (Å²) in [5.74, 6) is -0.338. The van der Waals surface area contributed by atoms with E-state index in [0.717, 1.165) is 5.56 Å². The molecule has 0 spiro atoms. The molecule has 0 heterocycles. The number of halogens is 3. The van der Waals surface area contributed by atoms with Gasteiger partial charge in [-0.25, -0.2) is 4.79 Å². The fourth-order valence-electron chi connectivity index (χ4n) is 3.33. The lowest BCUT2D eigenvalue weighted by Gasteiger charge is -2.22. The van der Waals surface area contributed by atoms with Crippen molar-refractivity contribution < 1.29 is 32.5 Å². The van der Waals surface area contributed by atoms with Gasteiger partial charge in [0.1, 0.15) is 11.4 Å². The van der Waals surface area contributed by atoms with Crippen molar-refractivity contribution in [2.75, 3.05) is 0 Å². The van der Waals surface area contributed by atoms with Gasteiger partial charge in [-0.2, -0.15) is 5.26 Å². The molecule has 2 aromatic carbocycles. The van der Waals surface area contributed by atoms with Crippen molar-refractivity contribution in [3.8, 4) is 22.9 Å². The lowest BCUT2D eigenvalue weighted by molar-refractivity contribution is -0.274. The van der Waals surface area contributed by atoms with Gasteiger partial charge in [0.05, 0.1) is 18.6 Å². The van der Waals surface area contributed by atoms with Crippen LogP contribution < -0.4 is 10.1 Å². The van der Waals surface area contributed by atoms with Crippen molar-refractivity contribution in [3.63, 3.8) is 0 Å². The Bertz CT molecular complexity index is 1010. The van der Waals surface area contributed by atoms with Gasteiger partial charge in [-0.15, -0.1) is 13.2 Å². The minimum Gasteiger partial charge on any atom is -0.444 e. The van der Waals surface area contributed by atoms with Crippen molar-refractivity contribution in [1.29, 1.82) is 5.26 Å². The Labute approximate surface area is 190 Å². The maximum atomic E-state index is 12.4. The number of rotatable bonds is 7. The number of aryl methyl sites for hydroxylation is 1. The minimum atomic E-state index is -4.78. The number of carbonyl (C=O) groups excluding carboxylic acids is 1. The van der Waals surface area contributed by atoms with E-state index in [4.69, 9.17) is 10.00 Å². The average Bonchev–Trinajstić information content (AvgIpc) is 2.69. The van der Waals surface area contributed by atoms with Crippen LogP contribution in [0.1, 0.15) is 56.9 Å². The van der Waals surface area contributed by atoms with Crippen LogP contribution in [-0.4, -0.2) is 23.2 Å². The van der Waals surface area contributed by atoms with E-state index in [1.807, 2.05) is 19.1 Å². The fourth-order valence-corrected chi connectivity index (χ4v) is 3.33. The van der Waals surface area contributed by atoms with E-state index in [1.54, 1.807) is 26.8 Å². The highest BCUT2D eigenvalue weighted by atomic mass is 19.4. The Balaban J connectivity index is 2.44. The number of hydrogen-bond acceptors (Lipinski definition) is 5. The van der Waals surface area contributed by atoms with E-state index in [0.29, 0.717) is 28.7 Å². The number of aliphatic hydroxyl groups excluding tert-OH is 1. The average molecular weight is 464 g/mol. The Morgan fingerprint density at radius 2 is 1.73 bits per heavy atom. The zero-order chi connectivity index (χ0) is 24.8. The topological polar surface area (TPSA) is 91.6 Å². The van der Waals surface area contributed by atoms with Crippen LogP contribution in [0.25, 0.3) is 11.1 Å². The van der Waals surface area contributed by atoms with Crippen molar-refractivity contribution in [3.05, 3.63) is 53.1 Å². The molecular weight excluding hydrogens is 437 g/mol. The highest BCUT2D eigenvalue weighted by molar-refractivity contribution is 5.70. The predicted molar refractivity (Wildman–Crippen MR) is 116 cm³/mol. The van der Waals surface area contributed by atoms with Crippen LogP contribution in [0, 0.1) is 11.3 Å². The van der Waals surface area contributed by atoms with Gasteiger partial charge in [0.25, 0.3) is 0 Å². The number of aliphatic hydroxyl groups is 1. The fraction of sp³-hybridized carbons (Fsp3) is 0.417. The molecule has 2 aromatic rings. The molecule has 0 aromatic heterocycles. The Morgan fingerprint density at radius 1 is 1.12 bits per heavy atom. The highest BCUT2D eigenvalue weighted by Gasteiger charge is 2.31.